The first-order valence-electron chi connectivity index (χ1n) is 7.84. The summed E-state index contributed by atoms with van der Waals surface area (Å²) < 4.78 is 25.1. The van der Waals surface area contributed by atoms with E-state index in [0.29, 0.717) is 18.5 Å². The highest BCUT2D eigenvalue weighted by Gasteiger charge is 2.32. The van der Waals surface area contributed by atoms with Gasteiger partial charge < -0.3 is 10.2 Å². The van der Waals surface area contributed by atoms with Crippen LogP contribution in [-0.4, -0.2) is 68.7 Å². The average Bonchev–Trinajstić information content (AvgIpc) is 2.85. The molecule has 118 valence electrons. The fraction of sp³-hybridized carbons (Fsp3) is 1.00. The highest BCUT2D eigenvalue weighted by atomic mass is 32.2. The van der Waals surface area contributed by atoms with E-state index in [2.05, 4.69) is 24.1 Å². The molecule has 0 unspecified atom stereocenters. The average molecular weight is 303 g/mol. The zero-order chi connectivity index (χ0) is 14.8. The zero-order valence-electron chi connectivity index (χ0n) is 13.0. The van der Waals surface area contributed by atoms with Gasteiger partial charge in [-0.25, -0.2) is 8.42 Å². The molecule has 5 nitrogen and oxygen atoms in total. The van der Waals surface area contributed by atoms with E-state index in [9.17, 15) is 8.42 Å². The molecule has 0 saturated carbocycles. The quantitative estimate of drug-likeness (QED) is 0.813. The van der Waals surface area contributed by atoms with Gasteiger partial charge >= 0.3 is 0 Å². The van der Waals surface area contributed by atoms with Crippen molar-refractivity contribution in [1.29, 1.82) is 0 Å². The maximum Gasteiger partial charge on any atom is 0.211 e. The Hall–Kier alpha value is -0.170. The van der Waals surface area contributed by atoms with E-state index in [4.69, 9.17) is 0 Å². The van der Waals surface area contributed by atoms with E-state index < -0.39 is 10.0 Å². The molecule has 2 aliphatic rings. The number of hydrogen-bond acceptors (Lipinski definition) is 4. The number of piperidine rings is 1. The molecule has 0 aromatic rings. The number of nitrogens with zero attached hydrogens (tertiary/aromatic N) is 2. The topological polar surface area (TPSA) is 52.6 Å². The van der Waals surface area contributed by atoms with Crippen LogP contribution >= 0.6 is 0 Å². The Kier molecular flexibility index (Phi) is 5.45. The molecule has 0 aromatic carbocycles. The van der Waals surface area contributed by atoms with Gasteiger partial charge in [0.2, 0.25) is 10.0 Å². The van der Waals surface area contributed by atoms with Gasteiger partial charge in [-0.15, -0.1) is 0 Å². The van der Waals surface area contributed by atoms with Gasteiger partial charge in [0.15, 0.2) is 0 Å². The summed E-state index contributed by atoms with van der Waals surface area (Å²) in [6, 6.07) is 0.682. The second kappa shape index (κ2) is 6.73. The summed E-state index contributed by atoms with van der Waals surface area (Å²) in [4.78, 5) is 2.49. The van der Waals surface area contributed by atoms with Crippen LogP contribution in [0.1, 0.15) is 33.1 Å². The molecule has 2 fully saturated rings. The molecule has 0 aromatic heterocycles. The van der Waals surface area contributed by atoms with Gasteiger partial charge in [0, 0.05) is 31.7 Å². The van der Waals surface area contributed by atoms with Crippen LogP contribution in [0.3, 0.4) is 0 Å². The molecular formula is C14H29N3O2S. The van der Waals surface area contributed by atoms with Crippen molar-refractivity contribution in [3.8, 4) is 0 Å². The van der Waals surface area contributed by atoms with E-state index in [1.54, 1.807) is 4.31 Å². The van der Waals surface area contributed by atoms with Crippen LogP contribution in [0.25, 0.3) is 0 Å². The Morgan fingerprint density at radius 2 is 2.00 bits per heavy atom. The van der Waals surface area contributed by atoms with Crippen LogP contribution in [0.4, 0.5) is 0 Å². The van der Waals surface area contributed by atoms with Crippen molar-refractivity contribution in [1.82, 2.24) is 14.5 Å². The van der Waals surface area contributed by atoms with Crippen molar-refractivity contribution in [3.63, 3.8) is 0 Å². The molecule has 3 atom stereocenters. The minimum absolute atomic E-state index is 0.154. The molecule has 2 saturated heterocycles. The Morgan fingerprint density at radius 3 is 2.60 bits per heavy atom. The molecule has 0 aliphatic carbocycles. The van der Waals surface area contributed by atoms with Crippen molar-refractivity contribution >= 4 is 10.0 Å². The van der Waals surface area contributed by atoms with Gasteiger partial charge in [0.1, 0.15) is 0 Å². The third kappa shape index (κ3) is 3.93. The summed E-state index contributed by atoms with van der Waals surface area (Å²) in [7, 11) is -3.05. The van der Waals surface area contributed by atoms with Gasteiger partial charge in [0.25, 0.3) is 0 Å². The molecule has 0 radical (unpaired) electrons. The number of nitrogens with one attached hydrogen (secondary N) is 1. The number of likely N-dealkylation sites (tertiary alicyclic amines) is 1. The standard InChI is InChI=1S/C14H29N3O2S/c1-4-16-9-7-14(12(2)11-16)15-10-13-6-5-8-17(13)20(3,18)19/h12-15H,4-11H2,1-3H3/t12-,13+,14+/m0/s1. The third-order valence-corrected chi connectivity index (χ3v) is 6.13. The molecule has 1 N–H and O–H groups in total. The van der Waals surface area contributed by atoms with Crippen molar-refractivity contribution in [3.05, 3.63) is 0 Å². The number of hydrogen-bond donors (Lipinski definition) is 1. The fourth-order valence-electron chi connectivity index (χ4n) is 3.56. The third-order valence-electron chi connectivity index (χ3n) is 4.80. The van der Waals surface area contributed by atoms with Crippen molar-refractivity contribution in [2.75, 3.05) is 39.0 Å². The Morgan fingerprint density at radius 1 is 1.25 bits per heavy atom. The van der Waals surface area contributed by atoms with Gasteiger partial charge in [-0.3, -0.25) is 0 Å². The second-order valence-corrected chi connectivity index (χ2v) is 8.28. The lowest BCUT2D eigenvalue weighted by molar-refractivity contribution is 0.150. The van der Waals surface area contributed by atoms with E-state index in [1.165, 1.54) is 12.7 Å². The maximum absolute atomic E-state index is 11.7. The van der Waals surface area contributed by atoms with Crippen LogP contribution in [0.5, 0.6) is 0 Å². The normalized spacial score (nSPS) is 33.6. The minimum atomic E-state index is -3.05. The summed E-state index contributed by atoms with van der Waals surface area (Å²) in [6.45, 7) is 9.42. The first kappa shape index (κ1) is 16.2. The van der Waals surface area contributed by atoms with Crippen molar-refractivity contribution in [2.24, 2.45) is 5.92 Å². The first-order chi connectivity index (χ1) is 9.41. The lowest BCUT2D eigenvalue weighted by Gasteiger charge is -2.37. The Bertz CT molecular complexity index is 413. The van der Waals surface area contributed by atoms with Crippen LogP contribution in [0, 0.1) is 5.92 Å². The SMILES string of the molecule is CCN1CC[C@@H](NC[C@H]2CCCN2S(C)(=O)=O)[C@@H](C)C1. The van der Waals surface area contributed by atoms with Crippen molar-refractivity contribution in [2.45, 2.75) is 45.2 Å². The fourth-order valence-corrected chi connectivity index (χ4v) is 4.74. The highest BCUT2D eigenvalue weighted by Crippen LogP contribution is 2.21. The molecule has 2 rings (SSSR count). The highest BCUT2D eigenvalue weighted by molar-refractivity contribution is 7.88. The van der Waals surface area contributed by atoms with Gasteiger partial charge in [0.05, 0.1) is 6.26 Å². The van der Waals surface area contributed by atoms with E-state index >= 15 is 0 Å². The molecule has 2 aliphatic heterocycles. The molecule has 20 heavy (non-hydrogen) atoms. The summed E-state index contributed by atoms with van der Waals surface area (Å²) in [5.41, 5.74) is 0. The molecule has 0 amide bonds. The van der Waals surface area contributed by atoms with Crippen LogP contribution in [-0.2, 0) is 10.0 Å². The minimum Gasteiger partial charge on any atom is -0.312 e. The second-order valence-electron chi connectivity index (χ2n) is 6.34. The van der Waals surface area contributed by atoms with Gasteiger partial charge in [-0.2, -0.15) is 4.31 Å². The molecule has 6 heteroatoms. The Balaban J connectivity index is 1.83. The predicted octanol–water partition coefficient (Wildman–Crippen LogP) is 0.730. The van der Waals surface area contributed by atoms with Crippen LogP contribution < -0.4 is 5.32 Å². The molecule has 2 heterocycles. The van der Waals surface area contributed by atoms with Crippen LogP contribution in [0.2, 0.25) is 0 Å². The number of rotatable bonds is 5. The van der Waals surface area contributed by atoms with Gasteiger partial charge in [-0.05, 0) is 38.3 Å². The summed E-state index contributed by atoms with van der Waals surface area (Å²) in [5, 5.41) is 3.63. The summed E-state index contributed by atoms with van der Waals surface area (Å²) in [5.74, 6) is 0.636. The zero-order valence-corrected chi connectivity index (χ0v) is 13.8. The predicted molar refractivity (Wildman–Crippen MR) is 82.3 cm³/mol. The van der Waals surface area contributed by atoms with Crippen LogP contribution in [0.15, 0.2) is 0 Å². The smallest absolute Gasteiger partial charge is 0.211 e. The molecular weight excluding hydrogens is 274 g/mol. The Labute approximate surface area is 123 Å². The van der Waals surface area contributed by atoms with E-state index in [0.717, 1.165) is 39.0 Å². The largest absolute Gasteiger partial charge is 0.312 e. The van der Waals surface area contributed by atoms with Crippen molar-refractivity contribution < 1.29 is 8.42 Å². The molecule has 0 bridgehead atoms. The monoisotopic (exact) mass is 303 g/mol. The maximum atomic E-state index is 11.7. The summed E-state index contributed by atoms with van der Waals surface area (Å²) >= 11 is 0. The first-order valence-corrected chi connectivity index (χ1v) is 9.69. The van der Waals surface area contributed by atoms with Gasteiger partial charge in [-0.1, -0.05) is 13.8 Å². The lowest BCUT2D eigenvalue weighted by Crippen LogP contribution is -2.51. The summed E-state index contributed by atoms with van der Waals surface area (Å²) in [6.07, 6.45) is 4.47. The van der Waals surface area contributed by atoms with E-state index in [-0.39, 0.29) is 6.04 Å². The molecule has 0 spiro atoms. The van der Waals surface area contributed by atoms with E-state index in [1.807, 2.05) is 0 Å². The lowest BCUT2D eigenvalue weighted by atomic mass is 9.93. The number of sulfonamides is 1.